The average molecular weight is 316 g/mol. The molecule has 3 atom stereocenters. The van der Waals surface area contributed by atoms with Crippen molar-refractivity contribution >= 4 is 29.4 Å². The Balaban J connectivity index is 1.44. The number of likely N-dealkylation sites (tertiary alicyclic amines) is 1. The fourth-order valence-corrected chi connectivity index (χ4v) is 6.97. The van der Waals surface area contributed by atoms with Crippen molar-refractivity contribution in [2.75, 3.05) is 31.1 Å². The Morgan fingerprint density at radius 3 is 2.65 bits per heavy atom. The molecule has 6 heteroatoms. The van der Waals surface area contributed by atoms with Gasteiger partial charge in [-0.2, -0.15) is 23.5 Å². The van der Waals surface area contributed by atoms with Gasteiger partial charge in [0.15, 0.2) is 0 Å². The molecule has 0 unspecified atom stereocenters. The first-order chi connectivity index (χ1) is 9.72. The second-order valence-corrected chi connectivity index (χ2v) is 8.74. The minimum atomic E-state index is -0.203. The first-order valence-electron chi connectivity index (χ1n) is 7.72. The van der Waals surface area contributed by atoms with E-state index in [1.54, 1.807) is 0 Å². The molecule has 0 radical (unpaired) electrons. The Morgan fingerprint density at radius 1 is 1.15 bits per heavy atom. The second kappa shape index (κ2) is 6.90. The van der Waals surface area contributed by atoms with Crippen LogP contribution in [0.25, 0.3) is 0 Å². The number of carbonyl (C=O) groups is 1. The van der Waals surface area contributed by atoms with E-state index in [9.17, 15) is 4.79 Å². The lowest BCUT2D eigenvalue weighted by molar-refractivity contribution is -0.119. The van der Waals surface area contributed by atoms with Crippen molar-refractivity contribution in [1.82, 2.24) is 10.2 Å². The van der Waals surface area contributed by atoms with Gasteiger partial charge in [-0.15, -0.1) is 0 Å². The van der Waals surface area contributed by atoms with E-state index < -0.39 is 0 Å². The van der Waals surface area contributed by atoms with Crippen molar-refractivity contribution in [3.63, 3.8) is 0 Å². The minimum absolute atomic E-state index is 0.203. The number of nitrogens with zero attached hydrogens (tertiary/aromatic N) is 1. The first kappa shape index (κ1) is 15.0. The Kier molecular flexibility index (Phi) is 5.18. The van der Waals surface area contributed by atoms with E-state index in [1.165, 1.54) is 24.3 Å². The van der Waals surface area contributed by atoms with Crippen LogP contribution >= 0.6 is 23.5 Å². The summed E-state index contributed by atoms with van der Waals surface area (Å²) in [5.41, 5.74) is 5.26. The zero-order chi connectivity index (χ0) is 13.9. The van der Waals surface area contributed by atoms with E-state index in [1.807, 2.05) is 0 Å². The largest absolute Gasteiger partial charge is 0.369 e. The minimum Gasteiger partial charge on any atom is -0.369 e. The number of hydrogen-bond acceptors (Lipinski definition) is 5. The summed E-state index contributed by atoms with van der Waals surface area (Å²) in [4.78, 5) is 13.1. The highest BCUT2D eigenvalue weighted by Gasteiger charge is 2.39. The number of rotatable bonds is 4. The van der Waals surface area contributed by atoms with Crippen LogP contribution in [0.1, 0.15) is 25.7 Å². The van der Waals surface area contributed by atoms with Crippen molar-refractivity contribution in [1.29, 1.82) is 0 Å². The molecule has 3 fully saturated rings. The SMILES string of the molecule is NC(=O)CN1CCC(N[C@@H]2CC[C@H]3SCCS[C@H]23)CC1. The van der Waals surface area contributed by atoms with Gasteiger partial charge in [-0.25, -0.2) is 0 Å². The van der Waals surface area contributed by atoms with Gasteiger partial charge in [0.1, 0.15) is 0 Å². The van der Waals surface area contributed by atoms with E-state index in [-0.39, 0.29) is 5.91 Å². The lowest BCUT2D eigenvalue weighted by Gasteiger charge is -2.35. The summed E-state index contributed by atoms with van der Waals surface area (Å²) in [5.74, 6) is 2.45. The number of nitrogens with one attached hydrogen (secondary N) is 1. The maximum absolute atomic E-state index is 10.9. The van der Waals surface area contributed by atoms with Crippen molar-refractivity contribution in [3.05, 3.63) is 0 Å². The maximum atomic E-state index is 10.9. The van der Waals surface area contributed by atoms with Crippen LogP contribution in [0.2, 0.25) is 0 Å². The van der Waals surface area contributed by atoms with Crippen molar-refractivity contribution in [2.45, 2.75) is 48.3 Å². The van der Waals surface area contributed by atoms with E-state index in [0.29, 0.717) is 18.6 Å². The number of carbonyl (C=O) groups excluding carboxylic acids is 1. The third kappa shape index (κ3) is 3.64. The third-order valence-electron chi connectivity index (χ3n) is 4.67. The number of piperidine rings is 1. The smallest absolute Gasteiger partial charge is 0.231 e. The van der Waals surface area contributed by atoms with Gasteiger partial charge in [0.05, 0.1) is 6.54 Å². The standard InChI is InChI=1S/C14H25N3OS2/c15-13(18)9-17-5-3-10(4-6-17)16-11-1-2-12-14(11)20-8-7-19-12/h10-12,14,16H,1-9H2,(H2,15,18)/t11-,12-,14-/m1/s1. The van der Waals surface area contributed by atoms with Crippen LogP contribution in [-0.2, 0) is 4.79 Å². The Hall–Kier alpha value is 0.0900. The van der Waals surface area contributed by atoms with Gasteiger partial charge in [-0.1, -0.05) is 0 Å². The van der Waals surface area contributed by atoms with Crippen molar-refractivity contribution in [2.24, 2.45) is 5.73 Å². The zero-order valence-corrected chi connectivity index (χ0v) is 13.6. The first-order valence-corrected chi connectivity index (χ1v) is 9.82. The van der Waals surface area contributed by atoms with Gasteiger partial charge >= 0.3 is 0 Å². The zero-order valence-electron chi connectivity index (χ0n) is 11.9. The normalized spacial score (nSPS) is 35.9. The molecule has 0 bridgehead atoms. The summed E-state index contributed by atoms with van der Waals surface area (Å²) in [6.07, 6.45) is 5.04. The van der Waals surface area contributed by atoms with Gasteiger partial charge in [0, 0.05) is 47.2 Å². The monoisotopic (exact) mass is 315 g/mol. The molecule has 114 valence electrons. The van der Waals surface area contributed by atoms with Gasteiger partial charge in [-0.3, -0.25) is 9.69 Å². The van der Waals surface area contributed by atoms with E-state index in [2.05, 4.69) is 33.7 Å². The molecule has 0 aromatic rings. The molecule has 20 heavy (non-hydrogen) atoms. The number of nitrogens with two attached hydrogens (primary N) is 1. The van der Waals surface area contributed by atoms with Gasteiger partial charge in [0.2, 0.25) is 5.91 Å². The molecule has 2 saturated heterocycles. The number of amides is 1. The molecular formula is C14H25N3OS2. The quantitative estimate of drug-likeness (QED) is 0.807. The van der Waals surface area contributed by atoms with Crippen LogP contribution in [0.3, 0.4) is 0 Å². The molecular weight excluding hydrogens is 290 g/mol. The molecule has 4 nitrogen and oxygen atoms in total. The fraction of sp³-hybridized carbons (Fsp3) is 0.929. The third-order valence-corrected chi connectivity index (χ3v) is 7.98. The molecule has 3 aliphatic rings. The Labute approximate surface area is 130 Å². The van der Waals surface area contributed by atoms with Gasteiger partial charge in [-0.05, 0) is 25.7 Å². The highest BCUT2D eigenvalue weighted by molar-refractivity contribution is 8.07. The number of hydrogen-bond donors (Lipinski definition) is 2. The second-order valence-electron chi connectivity index (χ2n) is 6.11. The molecule has 1 saturated carbocycles. The van der Waals surface area contributed by atoms with E-state index in [4.69, 9.17) is 5.73 Å². The highest BCUT2D eigenvalue weighted by atomic mass is 32.2. The summed E-state index contributed by atoms with van der Waals surface area (Å²) < 4.78 is 0. The van der Waals surface area contributed by atoms with E-state index >= 15 is 0 Å². The predicted octanol–water partition coefficient (Wildman–Crippen LogP) is 0.905. The number of primary amides is 1. The summed E-state index contributed by atoms with van der Waals surface area (Å²) in [6, 6.07) is 1.35. The van der Waals surface area contributed by atoms with Crippen LogP contribution in [0.15, 0.2) is 0 Å². The maximum Gasteiger partial charge on any atom is 0.231 e. The summed E-state index contributed by atoms with van der Waals surface area (Å²) in [7, 11) is 0. The molecule has 1 amide bonds. The lowest BCUT2D eigenvalue weighted by atomic mass is 10.0. The van der Waals surface area contributed by atoms with Crippen molar-refractivity contribution < 1.29 is 4.79 Å². The van der Waals surface area contributed by atoms with Gasteiger partial charge in [0.25, 0.3) is 0 Å². The van der Waals surface area contributed by atoms with Crippen LogP contribution in [0, 0.1) is 0 Å². The van der Waals surface area contributed by atoms with Crippen LogP contribution < -0.4 is 11.1 Å². The summed E-state index contributed by atoms with van der Waals surface area (Å²) >= 11 is 4.37. The summed E-state index contributed by atoms with van der Waals surface area (Å²) in [6.45, 7) is 2.43. The molecule has 0 aromatic heterocycles. The van der Waals surface area contributed by atoms with Crippen LogP contribution in [0.4, 0.5) is 0 Å². The number of thioether (sulfide) groups is 2. The topological polar surface area (TPSA) is 58.4 Å². The molecule has 2 heterocycles. The average Bonchev–Trinajstić information content (AvgIpc) is 2.84. The fourth-order valence-electron chi connectivity index (χ4n) is 3.68. The Morgan fingerprint density at radius 2 is 1.90 bits per heavy atom. The van der Waals surface area contributed by atoms with Gasteiger partial charge < -0.3 is 11.1 Å². The van der Waals surface area contributed by atoms with E-state index in [0.717, 1.165) is 36.4 Å². The Bertz CT molecular complexity index is 347. The number of fused-ring (bicyclic) bond motifs is 1. The predicted molar refractivity (Wildman–Crippen MR) is 87.3 cm³/mol. The highest BCUT2D eigenvalue weighted by Crippen LogP contribution is 2.42. The molecule has 1 aliphatic carbocycles. The molecule has 0 spiro atoms. The summed E-state index contributed by atoms with van der Waals surface area (Å²) in [5, 5.41) is 5.63. The molecule has 3 N–H and O–H groups in total. The molecule has 0 aromatic carbocycles. The van der Waals surface area contributed by atoms with Crippen LogP contribution in [0.5, 0.6) is 0 Å². The van der Waals surface area contributed by atoms with Crippen molar-refractivity contribution in [3.8, 4) is 0 Å². The van der Waals surface area contributed by atoms with Crippen LogP contribution in [-0.4, -0.2) is 64.5 Å². The molecule has 2 aliphatic heterocycles. The molecule has 3 rings (SSSR count). The lowest BCUT2D eigenvalue weighted by Crippen LogP contribution is -2.50.